The number of benzene rings is 1. The van der Waals surface area contributed by atoms with Gasteiger partial charge in [-0.2, -0.15) is 4.98 Å². The number of rotatable bonds is 14. The van der Waals surface area contributed by atoms with Gasteiger partial charge in [-0.1, -0.05) is 30.3 Å². The summed E-state index contributed by atoms with van der Waals surface area (Å²) in [6, 6.07) is 7.21. The molecule has 3 aromatic rings. The van der Waals surface area contributed by atoms with E-state index in [1.807, 2.05) is 30.3 Å². The number of carbonyl (C=O) groups excluding carboxylic acids is 2. The molecule has 206 valence electrons. The fraction of sp³-hybridized carbons (Fsp3) is 0.435. The second-order valence-electron chi connectivity index (χ2n) is 8.39. The van der Waals surface area contributed by atoms with Gasteiger partial charge in [0.2, 0.25) is 13.4 Å². The molecule has 0 aliphatic heterocycles. The molecule has 38 heavy (non-hydrogen) atoms. The maximum atomic E-state index is 13.7. The highest BCUT2D eigenvalue weighted by Gasteiger charge is 2.32. The molecule has 3 rings (SSSR count). The van der Waals surface area contributed by atoms with Crippen molar-refractivity contribution in [3.63, 3.8) is 0 Å². The third-order valence-electron chi connectivity index (χ3n) is 5.26. The van der Waals surface area contributed by atoms with E-state index in [9.17, 15) is 18.9 Å². The molecule has 1 unspecified atom stereocenters. The second kappa shape index (κ2) is 13.3. The van der Waals surface area contributed by atoms with Gasteiger partial charge < -0.3 is 24.5 Å². The lowest BCUT2D eigenvalue weighted by Gasteiger charge is -2.26. The third-order valence-corrected chi connectivity index (χ3v) is 7.42. The zero-order chi connectivity index (χ0) is 27.7. The Morgan fingerprint density at radius 2 is 1.79 bits per heavy atom. The number of nitrogens with two attached hydrogens (primary N) is 1. The highest BCUT2D eigenvalue weighted by molar-refractivity contribution is 7.59. The molecule has 0 saturated carbocycles. The van der Waals surface area contributed by atoms with Crippen LogP contribution >= 0.6 is 7.44 Å². The number of hydrogen-bond acceptors (Lipinski definition) is 10. The minimum Gasteiger partial charge on any atom is -0.465 e. The van der Waals surface area contributed by atoms with Gasteiger partial charge in [0.25, 0.3) is 5.56 Å². The summed E-state index contributed by atoms with van der Waals surface area (Å²) in [6.07, 6.45) is 1.05. The predicted octanol–water partition coefficient (Wildman–Crippen LogP) is 1.13. The van der Waals surface area contributed by atoms with Crippen LogP contribution in [0.5, 0.6) is 0 Å². The first-order chi connectivity index (χ1) is 18.1. The number of hydrogen-bond donors (Lipinski definition) is 4. The Hall–Kier alpha value is -3.58. The van der Waals surface area contributed by atoms with E-state index in [2.05, 4.69) is 25.1 Å². The molecule has 0 aliphatic rings. The number of aromatic nitrogens is 4. The average molecular weight is 550 g/mol. The summed E-state index contributed by atoms with van der Waals surface area (Å²) < 4.78 is 31.3. The van der Waals surface area contributed by atoms with Crippen molar-refractivity contribution < 1.29 is 28.4 Å². The smallest absolute Gasteiger partial charge is 0.323 e. The van der Waals surface area contributed by atoms with Crippen LogP contribution in [0.25, 0.3) is 11.2 Å². The van der Waals surface area contributed by atoms with E-state index >= 15 is 0 Å². The molecule has 0 amide bonds. The van der Waals surface area contributed by atoms with E-state index < -0.39 is 37.0 Å². The van der Waals surface area contributed by atoms with Crippen LogP contribution in [0, 0.1) is 0 Å². The fourth-order valence-electron chi connectivity index (χ4n) is 3.45. The van der Waals surface area contributed by atoms with Gasteiger partial charge in [-0.25, -0.2) is 15.2 Å². The lowest BCUT2D eigenvalue weighted by Crippen LogP contribution is -2.42. The number of fused-ring (bicyclic) bond motifs is 1. The van der Waals surface area contributed by atoms with Gasteiger partial charge in [-0.15, -0.1) is 0 Å². The van der Waals surface area contributed by atoms with Crippen LogP contribution in [0.2, 0.25) is 0 Å². The first kappa shape index (κ1) is 29.0. The van der Waals surface area contributed by atoms with Crippen molar-refractivity contribution in [3.8, 4) is 0 Å². The molecule has 5 N–H and O–H groups in total. The summed E-state index contributed by atoms with van der Waals surface area (Å²) in [5, 5.41) is 5.46. The number of anilines is 1. The molecule has 0 bridgehead atoms. The molecule has 0 aliphatic carbocycles. The fourth-order valence-corrected chi connectivity index (χ4v) is 5.53. The normalized spacial score (nSPS) is 14.5. The number of aromatic amines is 1. The highest BCUT2D eigenvalue weighted by Crippen LogP contribution is 2.37. The van der Waals surface area contributed by atoms with Crippen molar-refractivity contribution in [2.45, 2.75) is 46.0 Å². The Balaban J connectivity index is 1.63. The predicted molar refractivity (Wildman–Crippen MR) is 139 cm³/mol. The molecular formula is C23H32N7O7P. The quantitative estimate of drug-likeness (QED) is 0.127. The molecule has 1 aromatic carbocycles. The Kier molecular flexibility index (Phi) is 10.1. The number of nitrogen functional groups attached to an aromatic ring is 1. The van der Waals surface area contributed by atoms with Crippen LogP contribution in [-0.2, 0) is 41.5 Å². The van der Waals surface area contributed by atoms with E-state index in [1.54, 1.807) is 11.5 Å². The third kappa shape index (κ3) is 7.96. The Morgan fingerprint density at radius 3 is 2.45 bits per heavy atom. The van der Waals surface area contributed by atoms with Crippen molar-refractivity contribution >= 4 is 36.5 Å². The Morgan fingerprint density at radius 1 is 1.13 bits per heavy atom. The molecule has 2 heterocycles. The molecule has 0 saturated heterocycles. The van der Waals surface area contributed by atoms with Crippen molar-refractivity contribution in [2.24, 2.45) is 0 Å². The first-order valence-electron chi connectivity index (χ1n) is 11.9. The van der Waals surface area contributed by atoms with Crippen molar-refractivity contribution in [1.29, 1.82) is 0 Å². The SMILES string of the molecule is CCOC(=O)[C@H](C)NP(=O)(COCCn1cnc2c(=O)[nH]c(N)nc21)N[C@@H](C)C(=O)OCc1ccccc1. The van der Waals surface area contributed by atoms with Gasteiger partial charge in [0.1, 0.15) is 25.0 Å². The topological polar surface area (TPSA) is 193 Å². The van der Waals surface area contributed by atoms with Crippen LogP contribution in [0.3, 0.4) is 0 Å². The standard InChI is InChI=1S/C23H32N7O7P/c1-4-36-21(32)15(2)28-38(34,29-16(3)22(33)37-12-17-8-6-5-7-9-17)14-35-11-10-30-13-25-18-19(30)26-23(24)27-20(18)31/h5-9,13,15-16H,4,10-12,14H2,1-3H3,(H2,28,29,34)(H3,24,26,27,31)/t15-,16-,38?/m0/s1. The van der Waals surface area contributed by atoms with Crippen LogP contribution in [0.15, 0.2) is 41.5 Å². The lowest BCUT2D eigenvalue weighted by atomic mass is 10.2. The Labute approximate surface area is 218 Å². The van der Waals surface area contributed by atoms with Crippen molar-refractivity contribution in [1.82, 2.24) is 29.7 Å². The zero-order valence-electron chi connectivity index (χ0n) is 21.4. The van der Waals surface area contributed by atoms with Gasteiger partial charge in [0, 0.05) is 6.54 Å². The van der Waals surface area contributed by atoms with Gasteiger partial charge >= 0.3 is 11.9 Å². The largest absolute Gasteiger partial charge is 0.465 e. The van der Waals surface area contributed by atoms with E-state index in [-0.39, 0.29) is 49.8 Å². The van der Waals surface area contributed by atoms with E-state index in [0.29, 0.717) is 0 Å². The maximum Gasteiger partial charge on any atom is 0.323 e. The second-order valence-corrected chi connectivity index (χ2v) is 10.6. The van der Waals surface area contributed by atoms with Crippen molar-refractivity contribution in [3.05, 3.63) is 52.6 Å². The number of esters is 2. The van der Waals surface area contributed by atoms with E-state index in [0.717, 1.165) is 5.56 Å². The lowest BCUT2D eigenvalue weighted by molar-refractivity contribution is -0.146. The van der Waals surface area contributed by atoms with Crippen LogP contribution < -0.4 is 21.5 Å². The van der Waals surface area contributed by atoms with E-state index in [1.165, 1.54) is 20.2 Å². The Bertz CT molecular complexity index is 1340. The summed E-state index contributed by atoms with van der Waals surface area (Å²) in [4.78, 5) is 47.1. The maximum absolute atomic E-state index is 13.7. The number of nitrogens with zero attached hydrogens (tertiary/aromatic N) is 3. The number of ether oxygens (including phenoxy) is 3. The molecule has 2 aromatic heterocycles. The average Bonchev–Trinajstić information content (AvgIpc) is 3.28. The van der Waals surface area contributed by atoms with Gasteiger partial charge in [-0.05, 0) is 26.3 Å². The van der Waals surface area contributed by atoms with Gasteiger partial charge in [0.15, 0.2) is 11.2 Å². The van der Waals surface area contributed by atoms with Crippen molar-refractivity contribution in [2.75, 3.05) is 25.3 Å². The van der Waals surface area contributed by atoms with Gasteiger partial charge in [-0.3, -0.25) is 23.9 Å². The van der Waals surface area contributed by atoms with Crippen LogP contribution in [0.4, 0.5) is 5.95 Å². The van der Waals surface area contributed by atoms with E-state index in [4.69, 9.17) is 19.9 Å². The van der Waals surface area contributed by atoms with Crippen LogP contribution in [-0.4, -0.2) is 63.1 Å². The summed E-state index contributed by atoms with van der Waals surface area (Å²) >= 11 is 0. The minimum atomic E-state index is -3.67. The highest BCUT2D eigenvalue weighted by atomic mass is 31.2. The number of nitrogens with one attached hydrogen (secondary N) is 3. The monoisotopic (exact) mass is 549 g/mol. The molecule has 3 atom stereocenters. The number of carbonyl (C=O) groups is 2. The molecule has 0 fully saturated rings. The number of H-pyrrole nitrogens is 1. The number of imidazole rings is 1. The molecule has 15 heteroatoms. The first-order valence-corrected chi connectivity index (χ1v) is 13.8. The summed E-state index contributed by atoms with van der Waals surface area (Å²) in [5.74, 6) is -1.28. The summed E-state index contributed by atoms with van der Waals surface area (Å²) in [5.41, 5.74) is 6.35. The molecule has 0 radical (unpaired) electrons. The molecule has 14 nitrogen and oxygen atoms in total. The minimum absolute atomic E-state index is 0.0494. The van der Waals surface area contributed by atoms with Crippen LogP contribution in [0.1, 0.15) is 26.3 Å². The summed E-state index contributed by atoms with van der Waals surface area (Å²) in [6.45, 7) is 5.13. The molecule has 0 spiro atoms. The van der Waals surface area contributed by atoms with Gasteiger partial charge in [0.05, 0.1) is 19.5 Å². The summed E-state index contributed by atoms with van der Waals surface area (Å²) in [7, 11) is -3.67. The molecular weight excluding hydrogens is 517 g/mol. The zero-order valence-corrected chi connectivity index (χ0v) is 22.3.